The van der Waals surface area contributed by atoms with Crippen molar-refractivity contribution in [2.45, 2.75) is 54.6 Å². The van der Waals surface area contributed by atoms with Crippen molar-refractivity contribution in [1.82, 2.24) is 0 Å². The summed E-state index contributed by atoms with van der Waals surface area (Å²) < 4.78 is 44.0. The van der Waals surface area contributed by atoms with Crippen LogP contribution in [0.15, 0.2) is 79.8 Å². The van der Waals surface area contributed by atoms with Gasteiger partial charge in [-0.05, 0) is 63.8 Å². The summed E-state index contributed by atoms with van der Waals surface area (Å²) in [5.41, 5.74) is 2.00. The van der Waals surface area contributed by atoms with Crippen LogP contribution in [0.5, 0.6) is 0 Å². The molecule has 2 aromatic carbocycles. The highest BCUT2D eigenvalue weighted by Gasteiger charge is 2.29. The third kappa shape index (κ3) is 4.33. The average Bonchev–Trinajstić information content (AvgIpc) is 2.68. The third-order valence-electron chi connectivity index (χ3n) is 4.94. The summed E-state index contributed by atoms with van der Waals surface area (Å²) in [6.45, 7) is 3.72. The lowest BCUT2D eigenvalue weighted by atomic mass is 9.98. The van der Waals surface area contributed by atoms with E-state index in [0.717, 1.165) is 36.8 Å². The number of aryl methyl sites for hydroxylation is 1. The van der Waals surface area contributed by atoms with E-state index in [-0.39, 0.29) is 4.90 Å². The quantitative estimate of drug-likeness (QED) is 0.653. The standard InChI is InChI=1S/C21H25NO3S2/c1-17-13-15-21(16-14-17)27(24,25)22-26(23,20-11-7-4-8-12-20)18(2)19-9-5-3-6-10-19/h4,7-9,11-16,18H,3,5-6,10H2,1-2H3/t18-,26?/m0/s1. The van der Waals surface area contributed by atoms with Gasteiger partial charge >= 0.3 is 0 Å². The first-order chi connectivity index (χ1) is 12.8. The van der Waals surface area contributed by atoms with E-state index in [1.165, 1.54) is 12.1 Å². The van der Waals surface area contributed by atoms with Crippen molar-refractivity contribution in [3.63, 3.8) is 0 Å². The monoisotopic (exact) mass is 403 g/mol. The predicted molar refractivity (Wildman–Crippen MR) is 110 cm³/mol. The van der Waals surface area contributed by atoms with Crippen LogP contribution in [-0.4, -0.2) is 17.9 Å². The Morgan fingerprint density at radius 1 is 0.889 bits per heavy atom. The van der Waals surface area contributed by atoms with Crippen LogP contribution in [0.25, 0.3) is 0 Å². The Morgan fingerprint density at radius 3 is 2.15 bits per heavy atom. The summed E-state index contributed by atoms with van der Waals surface area (Å²) >= 11 is 0. The van der Waals surface area contributed by atoms with Gasteiger partial charge in [0, 0.05) is 4.90 Å². The predicted octanol–water partition coefficient (Wildman–Crippen LogP) is 5.10. The number of benzene rings is 2. The molecule has 27 heavy (non-hydrogen) atoms. The van der Waals surface area contributed by atoms with Gasteiger partial charge in [-0.2, -0.15) is 8.42 Å². The number of allylic oxidation sites excluding steroid dienone is 1. The summed E-state index contributed by atoms with van der Waals surface area (Å²) in [6, 6.07) is 15.2. The van der Waals surface area contributed by atoms with Gasteiger partial charge < -0.3 is 0 Å². The maximum absolute atomic E-state index is 14.1. The third-order valence-corrected chi connectivity index (χ3v) is 9.68. The molecule has 0 radical (unpaired) electrons. The molecule has 1 aliphatic rings. The summed E-state index contributed by atoms with van der Waals surface area (Å²) in [5.74, 6) is 0. The van der Waals surface area contributed by atoms with E-state index in [1.54, 1.807) is 36.4 Å². The Morgan fingerprint density at radius 2 is 1.56 bits per heavy atom. The molecule has 2 aromatic rings. The van der Waals surface area contributed by atoms with Gasteiger partial charge in [-0.3, -0.25) is 0 Å². The number of nitrogens with zero attached hydrogens (tertiary/aromatic N) is 1. The fourth-order valence-electron chi connectivity index (χ4n) is 3.26. The molecule has 144 valence electrons. The van der Waals surface area contributed by atoms with E-state index in [4.69, 9.17) is 0 Å². The molecule has 0 aromatic heterocycles. The van der Waals surface area contributed by atoms with Crippen molar-refractivity contribution in [2.24, 2.45) is 3.77 Å². The molecule has 0 N–H and O–H groups in total. The molecule has 0 saturated carbocycles. The van der Waals surface area contributed by atoms with Crippen LogP contribution < -0.4 is 0 Å². The smallest absolute Gasteiger partial charge is 0.243 e. The highest BCUT2D eigenvalue weighted by Crippen LogP contribution is 2.31. The van der Waals surface area contributed by atoms with Crippen LogP contribution in [0.2, 0.25) is 0 Å². The first-order valence-electron chi connectivity index (χ1n) is 9.16. The number of sulfonamides is 1. The maximum atomic E-state index is 14.1. The molecule has 4 nitrogen and oxygen atoms in total. The highest BCUT2D eigenvalue weighted by atomic mass is 32.3. The SMILES string of the molecule is Cc1ccc(S(=O)(=O)N=S(=O)(c2ccccc2)[C@@H](C)C2=CCCCC2)cc1. The second-order valence-electron chi connectivity index (χ2n) is 6.91. The lowest BCUT2D eigenvalue weighted by Gasteiger charge is -2.23. The number of hydrogen-bond donors (Lipinski definition) is 0. The fraction of sp³-hybridized carbons (Fsp3) is 0.333. The molecule has 3 rings (SSSR count). The van der Waals surface area contributed by atoms with Gasteiger partial charge in [0.2, 0.25) is 0 Å². The summed E-state index contributed by atoms with van der Waals surface area (Å²) in [7, 11) is -7.24. The van der Waals surface area contributed by atoms with Crippen molar-refractivity contribution < 1.29 is 12.6 Å². The van der Waals surface area contributed by atoms with E-state index in [9.17, 15) is 12.6 Å². The Balaban J connectivity index is 2.18. The van der Waals surface area contributed by atoms with Crippen LogP contribution in [0.1, 0.15) is 38.2 Å². The van der Waals surface area contributed by atoms with Gasteiger partial charge in [0.1, 0.15) is 0 Å². The van der Waals surface area contributed by atoms with Gasteiger partial charge in [0.15, 0.2) is 0 Å². The van der Waals surface area contributed by atoms with Gasteiger partial charge in [-0.15, -0.1) is 3.77 Å². The molecule has 0 bridgehead atoms. The molecular formula is C21H25NO3S2. The molecular weight excluding hydrogens is 378 g/mol. The molecule has 0 fully saturated rings. The molecule has 1 aliphatic carbocycles. The minimum atomic E-state index is -4.04. The van der Waals surface area contributed by atoms with Crippen LogP contribution in [0.4, 0.5) is 0 Å². The van der Waals surface area contributed by atoms with Gasteiger partial charge in [-0.25, -0.2) is 4.21 Å². The Bertz CT molecular complexity index is 1050. The first-order valence-corrected chi connectivity index (χ1v) is 12.2. The molecule has 0 spiro atoms. The van der Waals surface area contributed by atoms with E-state index in [2.05, 4.69) is 9.84 Å². The Hall–Kier alpha value is -1.92. The molecule has 0 heterocycles. The Kier molecular flexibility index (Phi) is 5.86. The molecule has 0 aliphatic heterocycles. The summed E-state index contributed by atoms with van der Waals surface area (Å²) in [4.78, 5) is 0.529. The van der Waals surface area contributed by atoms with Crippen LogP contribution in [0.3, 0.4) is 0 Å². The van der Waals surface area contributed by atoms with Crippen LogP contribution in [-0.2, 0) is 19.8 Å². The van der Waals surface area contributed by atoms with Crippen molar-refractivity contribution in [2.75, 3.05) is 0 Å². The normalized spacial score (nSPS) is 18.2. The van der Waals surface area contributed by atoms with E-state index >= 15 is 0 Å². The summed E-state index contributed by atoms with van der Waals surface area (Å²) in [6.07, 6.45) is 6.03. The zero-order chi connectivity index (χ0) is 19.5. The minimum absolute atomic E-state index is 0.0709. The average molecular weight is 404 g/mol. The van der Waals surface area contributed by atoms with Gasteiger partial charge in [-0.1, -0.05) is 47.5 Å². The summed E-state index contributed by atoms with van der Waals surface area (Å²) in [5, 5.41) is -0.458. The minimum Gasteiger partial charge on any atom is -0.243 e. The molecule has 1 unspecified atom stereocenters. The van der Waals surface area contributed by atoms with Gasteiger partial charge in [0.25, 0.3) is 10.0 Å². The second-order valence-corrected chi connectivity index (χ2v) is 11.2. The highest BCUT2D eigenvalue weighted by molar-refractivity contribution is 8.03. The van der Waals surface area contributed by atoms with E-state index in [1.807, 2.05) is 19.9 Å². The van der Waals surface area contributed by atoms with Gasteiger partial charge in [0.05, 0.1) is 19.9 Å². The molecule has 0 saturated heterocycles. The zero-order valence-electron chi connectivity index (χ0n) is 15.7. The molecule has 0 amide bonds. The maximum Gasteiger partial charge on any atom is 0.290 e. The lowest BCUT2D eigenvalue weighted by molar-refractivity contribution is 0.597. The lowest BCUT2D eigenvalue weighted by Crippen LogP contribution is -2.23. The topological polar surface area (TPSA) is 63.6 Å². The fourth-order valence-corrected chi connectivity index (χ4v) is 7.69. The van der Waals surface area contributed by atoms with Crippen LogP contribution >= 0.6 is 0 Å². The second kappa shape index (κ2) is 7.98. The van der Waals surface area contributed by atoms with Crippen molar-refractivity contribution >= 4 is 19.8 Å². The zero-order valence-corrected chi connectivity index (χ0v) is 17.3. The largest absolute Gasteiger partial charge is 0.290 e. The number of rotatable bonds is 5. The van der Waals surface area contributed by atoms with Crippen LogP contribution in [0, 0.1) is 6.92 Å². The van der Waals surface area contributed by atoms with E-state index in [0.29, 0.717) is 4.90 Å². The van der Waals surface area contributed by atoms with Crippen molar-refractivity contribution in [3.05, 3.63) is 71.8 Å². The van der Waals surface area contributed by atoms with Crippen molar-refractivity contribution in [1.29, 1.82) is 0 Å². The van der Waals surface area contributed by atoms with Crippen molar-refractivity contribution in [3.8, 4) is 0 Å². The van der Waals surface area contributed by atoms with E-state index < -0.39 is 25.0 Å². The molecule has 6 heteroatoms. The molecule has 2 atom stereocenters. The number of hydrogen-bond acceptors (Lipinski definition) is 3. The first kappa shape index (κ1) is 19.8. The Labute approximate surface area is 162 Å².